The largest absolute Gasteiger partial charge is 0.388 e. The quantitative estimate of drug-likeness (QED) is 0.787. The molecule has 0 amide bonds. The highest BCUT2D eigenvalue weighted by molar-refractivity contribution is 5.12. The van der Waals surface area contributed by atoms with E-state index in [9.17, 15) is 10.4 Å². The van der Waals surface area contributed by atoms with Crippen LogP contribution in [0.15, 0.2) is 0 Å². The third kappa shape index (κ3) is 3.02. The molecular formula is C17H30N2O. The van der Waals surface area contributed by atoms with Crippen molar-refractivity contribution in [1.82, 2.24) is 4.90 Å². The lowest BCUT2D eigenvalue weighted by molar-refractivity contribution is -0.0741. The van der Waals surface area contributed by atoms with Crippen LogP contribution in [-0.4, -0.2) is 34.7 Å². The molecule has 3 heteroatoms. The van der Waals surface area contributed by atoms with E-state index in [1.165, 1.54) is 12.8 Å². The van der Waals surface area contributed by atoms with E-state index < -0.39 is 11.0 Å². The van der Waals surface area contributed by atoms with Crippen LogP contribution in [0.2, 0.25) is 0 Å². The zero-order valence-electron chi connectivity index (χ0n) is 13.2. The lowest BCUT2D eigenvalue weighted by Gasteiger charge is -2.42. The fourth-order valence-corrected chi connectivity index (χ4v) is 4.15. The van der Waals surface area contributed by atoms with Gasteiger partial charge in [0.15, 0.2) is 0 Å². The molecule has 1 saturated heterocycles. The number of rotatable bonds is 2. The molecule has 0 radical (unpaired) electrons. The first kappa shape index (κ1) is 15.8. The Labute approximate surface area is 124 Å². The van der Waals surface area contributed by atoms with Gasteiger partial charge in [0.25, 0.3) is 0 Å². The van der Waals surface area contributed by atoms with Crippen LogP contribution in [0.5, 0.6) is 0 Å². The van der Waals surface area contributed by atoms with E-state index in [1.807, 2.05) is 0 Å². The molecule has 1 unspecified atom stereocenters. The van der Waals surface area contributed by atoms with Gasteiger partial charge in [0.1, 0.15) is 0 Å². The molecular weight excluding hydrogens is 248 g/mol. The molecule has 1 heterocycles. The van der Waals surface area contributed by atoms with Gasteiger partial charge in [-0.15, -0.1) is 0 Å². The van der Waals surface area contributed by atoms with E-state index in [2.05, 4.69) is 24.8 Å². The van der Waals surface area contributed by atoms with Crippen LogP contribution in [0.1, 0.15) is 71.6 Å². The number of aliphatic hydroxyl groups is 1. The van der Waals surface area contributed by atoms with Crippen molar-refractivity contribution in [2.24, 2.45) is 5.41 Å². The van der Waals surface area contributed by atoms with Crippen molar-refractivity contribution in [1.29, 1.82) is 5.26 Å². The van der Waals surface area contributed by atoms with Crippen molar-refractivity contribution >= 4 is 0 Å². The van der Waals surface area contributed by atoms with E-state index in [-0.39, 0.29) is 0 Å². The Morgan fingerprint density at radius 2 is 1.60 bits per heavy atom. The number of hydrogen-bond acceptors (Lipinski definition) is 3. The molecule has 0 bridgehead atoms. The fourth-order valence-electron chi connectivity index (χ4n) is 4.15. The minimum absolute atomic E-state index is 0.490. The number of likely N-dealkylation sites (tertiary alicyclic amines) is 1. The summed E-state index contributed by atoms with van der Waals surface area (Å²) in [6.45, 7) is 6.42. The van der Waals surface area contributed by atoms with Gasteiger partial charge >= 0.3 is 0 Å². The maximum absolute atomic E-state index is 11.3. The summed E-state index contributed by atoms with van der Waals surface area (Å²) in [4.78, 5) is 2.44. The number of nitriles is 1. The predicted molar refractivity (Wildman–Crippen MR) is 81.3 cm³/mol. The summed E-state index contributed by atoms with van der Waals surface area (Å²) in [5.74, 6) is 0. The highest BCUT2D eigenvalue weighted by Crippen LogP contribution is 2.48. The Kier molecular flexibility index (Phi) is 5.09. The summed E-state index contributed by atoms with van der Waals surface area (Å²) in [5, 5.41) is 21.1. The maximum atomic E-state index is 11.3. The molecule has 0 aromatic rings. The van der Waals surface area contributed by atoms with Crippen molar-refractivity contribution < 1.29 is 5.11 Å². The summed E-state index contributed by atoms with van der Waals surface area (Å²) < 4.78 is 0. The monoisotopic (exact) mass is 278 g/mol. The van der Waals surface area contributed by atoms with Crippen molar-refractivity contribution in [2.75, 3.05) is 13.1 Å². The molecule has 1 aliphatic heterocycles. The first-order valence-electron chi connectivity index (χ1n) is 8.41. The Morgan fingerprint density at radius 1 is 0.950 bits per heavy atom. The summed E-state index contributed by atoms with van der Waals surface area (Å²) in [6, 6.07) is 3.10. The van der Waals surface area contributed by atoms with Gasteiger partial charge in [-0.2, -0.15) is 5.26 Å². The highest BCUT2D eigenvalue weighted by atomic mass is 16.3. The Balaban J connectivity index is 2.17. The molecule has 2 aliphatic rings. The minimum atomic E-state index is -0.768. The molecule has 1 N–H and O–H groups in total. The molecule has 114 valence electrons. The average Bonchev–Trinajstić information content (AvgIpc) is 2.78. The molecule has 1 saturated carbocycles. The van der Waals surface area contributed by atoms with Crippen LogP contribution in [0.3, 0.4) is 0 Å². The Bertz CT molecular complexity index is 352. The topological polar surface area (TPSA) is 47.3 Å². The van der Waals surface area contributed by atoms with E-state index >= 15 is 0 Å². The number of hydrogen-bond donors (Lipinski definition) is 1. The van der Waals surface area contributed by atoms with Crippen LogP contribution >= 0.6 is 0 Å². The van der Waals surface area contributed by atoms with Crippen LogP contribution in [-0.2, 0) is 0 Å². The van der Waals surface area contributed by atoms with Gasteiger partial charge < -0.3 is 10.0 Å². The van der Waals surface area contributed by atoms with Gasteiger partial charge in [-0.3, -0.25) is 0 Å². The van der Waals surface area contributed by atoms with Crippen molar-refractivity contribution in [3.05, 3.63) is 0 Å². The second-order valence-electron chi connectivity index (χ2n) is 7.12. The third-order valence-corrected chi connectivity index (χ3v) is 5.64. The van der Waals surface area contributed by atoms with Gasteiger partial charge in [0.05, 0.1) is 17.1 Å². The van der Waals surface area contributed by atoms with Crippen LogP contribution in [0, 0.1) is 16.7 Å². The normalized spacial score (nSPS) is 32.4. The SMILES string of the molecule is CC(C)N1CCCC(O)(C2(C#N)CCCCCC2)CC1. The summed E-state index contributed by atoms with van der Waals surface area (Å²) in [6.07, 6.45) is 8.99. The van der Waals surface area contributed by atoms with Crippen LogP contribution in [0.4, 0.5) is 0 Å². The van der Waals surface area contributed by atoms with Gasteiger partial charge in [0.2, 0.25) is 0 Å². The first-order chi connectivity index (χ1) is 9.53. The van der Waals surface area contributed by atoms with Crippen molar-refractivity contribution in [2.45, 2.75) is 83.3 Å². The van der Waals surface area contributed by atoms with E-state index in [0.717, 1.165) is 58.0 Å². The molecule has 1 atom stereocenters. The smallest absolute Gasteiger partial charge is 0.0860 e. The maximum Gasteiger partial charge on any atom is 0.0860 e. The van der Waals surface area contributed by atoms with Gasteiger partial charge in [-0.05, 0) is 52.5 Å². The van der Waals surface area contributed by atoms with E-state index in [4.69, 9.17) is 0 Å². The zero-order valence-corrected chi connectivity index (χ0v) is 13.2. The summed E-state index contributed by atoms with van der Waals surface area (Å²) in [7, 11) is 0. The van der Waals surface area contributed by atoms with Gasteiger partial charge in [-0.1, -0.05) is 25.7 Å². The van der Waals surface area contributed by atoms with Crippen LogP contribution in [0.25, 0.3) is 0 Å². The van der Waals surface area contributed by atoms with E-state index in [0.29, 0.717) is 6.04 Å². The summed E-state index contributed by atoms with van der Waals surface area (Å²) in [5.41, 5.74) is -1.26. The van der Waals surface area contributed by atoms with Crippen molar-refractivity contribution in [3.63, 3.8) is 0 Å². The van der Waals surface area contributed by atoms with E-state index in [1.54, 1.807) is 0 Å². The average molecular weight is 278 g/mol. The molecule has 3 nitrogen and oxygen atoms in total. The first-order valence-corrected chi connectivity index (χ1v) is 8.41. The lowest BCUT2D eigenvalue weighted by Crippen LogP contribution is -2.48. The van der Waals surface area contributed by atoms with Crippen LogP contribution < -0.4 is 0 Å². The molecule has 0 aromatic carbocycles. The minimum Gasteiger partial charge on any atom is -0.388 e. The molecule has 2 rings (SSSR count). The van der Waals surface area contributed by atoms with Gasteiger partial charge in [0, 0.05) is 12.6 Å². The second kappa shape index (κ2) is 6.45. The standard InChI is InChI=1S/C17H30N2O/c1-15(2)19-12-7-10-17(20,11-13-19)16(14-18)8-5-3-4-6-9-16/h15,20H,3-13H2,1-2H3. The molecule has 0 spiro atoms. The highest BCUT2D eigenvalue weighted by Gasteiger charge is 2.50. The molecule has 1 aliphatic carbocycles. The number of nitrogens with zero attached hydrogens (tertiary/aromatic N) is 2. The van der Waals surface area contributed by atoms with Gasteiger partial charge in [-0.25, -0.2) is 0 Å². The third-order valence-electron chi connectivity index (χ3n) is 5.64. The molecule has 2 fully saturated rings. The Morgan fingerprint density at radius 3 is 2.15 bits per heavy atom. The zero-order chi connectivity index (χ0) is 14.6. The second-order valence-corrected chi connectivity index (χ2v) is 7.12. The molecule has 0 aromatic heterocycles. The predicted octanol–water partition coefficient (Wildman–Crippen LogP) is 3.48. The lowest BCUT2D eigenvalue weighted by atomic mass is 9.65. The summed E-state index contributed by atoms with van der Waals surface area (Å²) >= 11 is 0. The van der Waals surface area contributed by atoms with Crippen molar-refractivity contribution in [3.8, 4) is 6.07 Å². The Hall–Kier alpha value is -0.590. The molecule has 20 heavy (non-hydrogen) atoms. The fraction of sp³-hybridized carbons (Fsp3) is 0.941.